The van der Waals surface area contributed by atoms with Crippen molar-refractivity contribution < 1.29 is 37.6 Å². The molecular formula is C49H82NO8P. The highest BCUT2D eigenvalue weighted by Gasteiger charge is 2.26. The third-order valence-electron chi connectivity index (χ3n) is 8.94. The van der Waals surface area contributed by atoms with Crippen molar-refractivity contribution in [2.45, 2.75) is 174 Å². The maximum atomic E-state index is 12.6. The topological polar surface area (TPSA) is 134 Å². The molecule has 9 nitrogen and oxygen atoms in total. The van der Waals surface area contributed by atoms with Crippen molar-refractivity contribution in [1.29, 1.82) is 0 Å². The van der Waals surface area contributed by atoms with Crippen LogP contribution in [0, 0.1) is 0 Å². The van der Waals surface area contributed by atoms with Crippen LogP contribution in [-0.4, -0.2) is 49.3 Å². The zero-order valence-electron chi connectivity index (χ0n) is 36.9. The van der Waals surface area contributed by atoms with Crippen LogP contribution in [0.2, 0.25) is 0 Å². The molecule has 0 radical (unpaired) electrons. The van der Waals surface area contributed by atoms with Gasteiger partial charge in [-0.15, -0.1) is 0 Å². The molecule has 0 rings (SSSR count). The Bertz CT molecular complexity index is 1280. The zero-order valence-corrected chi connectivity index (χ0v) is 37.8. The maximum Gasteiger partial charge on any atom is 0.472 e. The van der Waals surface area contributed by atoms with E-state index in [-0.39, 0.29) is 32.6 Å². The van der Waals surface area contributed by atoms with Gasteiger partial charge in [0.1, 0.15) is 6.61 Å². The molecular weight excluding hydrogens is 762 g/mol. The van der Waals surface area contributed by atoms with E-state index in [1.165, 1.54) is 51.4 Å². The van der Waals surface area contributed by atoms with Crippen LogP contribution in [0.3, 0.4) is 0 Å². The van der Waals surface area contributed by atoms with Crippen molar-refractivity contribution in [3.05, 3.63) is 97.2 Å². The normalized spacial score (nSPS) is 14.2. The van der Waals surface area contributed by atoms with Gasteiger partial charge < -0.3 is 20.1 Å². The lowest BCUT2D eigenvalue weighted by atomic mass is 10.1. The Morgan fingerprint density at radius 2 is 0.881 bits per heavy atom. The summed E-state index contributed by atoms with van der Waals surface area (Å²) in [4.78, 5) is 34.9. The lowest BCUT2D eigenvalue weighted by Crippen LogP contribution is -2.29. The molecule has 3 N–H and O–H groups in total. The molecule has 0 aliphatic rings. The molecule has 0 aliphatic carbocycles. The lowest BCUT2D eigenvalue weighted by Gasteiger charge is -2.19. The Morgan fingerprint density at radius 1 is 0.508 bits per heavy atom. The number of carbonyl (C=O) groups excluding carboxylic acids is 2. The fourth-order valence-corrected chi connectivity index (χ4v) is 6.31. The maximum absolute atomic E-state index is 12.6. The molecule has 0 saturated heterocycles. The van der Waals surface area contributed by atoms with E-state index in [4.69, 9.17) is 24.3 Å². The van der Waals surface area contributed by atoms with Gasteiger partial charge >= 0.3 is 19.8 Å². The summed E-state index contributed by atoms with van der Waals surface area (Å²) in [7, 11) is -4.40. The molecule has 0 aromatic heterocycles. The minimum absolute atomic E-state index is 0.0376. The first-order chi connectivity index (χ1) is 28.8. The standard InChI is InChI=1S/C49H82NO8P/c1-3-5-7-9-11-13-15-17-19-21-23-25-27-29-31-33-35-37-39-41-48(51)55-45-47(46-57-59(53,54)56-44-43-50)58-49(52)42-40-38-36-34-32-30-28-26-24-22-20-18-16-14-12-10-8-6-4-2/h11-14,17-20,23-26,29-32,47H,3-10,15-16,21-22,27-28,33-46,50H2,1-2H3,(H,53,54)/b13-11-,14-12-,19-17-,20-18-,25-23-,26-24-,31-29-,32-30-/t47-/m1/s1. The van der Waals surface area contributed by atoms with Gasteiger partial charge in [0.25, 0.3) is 0 Å². The van der Waals surface area contributed by atoms with E-state index in [9.17, 15) is 19.0 Å². The molecule has 0 aliphatic heterocycles. The molecule has 0 aromatic rings. The number of hydrogen-bond donors (Lipinski definition) is 2. The quantitative estimate of drug-likeness (QED) is 0.0267. The molecule has 2 atom stereocenters. The van der Waals surface area contributed by atoms with E-state index in [0.717, 1.165) is 77.0 Å². The fraction of sp³-hybridized carbons (Fsp3) is 0.633. The first-order valence-corrected chi connectivity index (χ1v) is 24.2. The van der Waals surface area contributed by atoms with E-state index >= 15 is 0 Å². The van der Waals surface area contributed by atoms with Crippen molar-refractivity contribution in [3.63, 3.8) is 0 Å². The number of unbranched alkanes of at least 4 members (excludes halogenated alkanes) is 12. The minimum Gasteiger partial charge on any atom is -0.462 e. The van der Waals surface area contributed by atoms with E-state index < -0.39 is 32.5 Å². The van der Waals surface area contributed by atoms with E-state index in [1.807, 2.05) is 0 Å². The number of nitrogens with two attached hydrogens (primary N) is 1. The first kappa shape index (κ1) is 55.9. The van der Waals surface area contributed by atoms with Gasteiger partial charge in [0.05, 0.1) is 13.2 Å². The third kappa shape index (κ3) is 44.3. The Labute approximate surface area is 359 Å². The first-order valence-electron chi connectivity index (χ1n) is 22.7. The van der Waals surface area contributed by atoms with E-state index in [2.05, 4.69) is 111 Å². The molecule has 0 saturated carbocycles. The minimum atomic E-state index is -4.40. The van der Waals surface area contributed by atoms with E-state index in [0.29, 0.717) is 12.8 Å². The zero-order chi connectivity index (χ0) is 43.2. The molecule has 0 bridgehead atoms. The van der Waals surface area contributed by atoms with Crippen molar-refractivity contribution >= 4 is 19.8 Å². The molecule has 0 heterocycles. The highest BCUT2D eigenvalue weighted by Crippen LogP contribution is 2.43. The summed E-state index contributed by atoms with van der Waals surface area (Å²) in [6.45, 7) is 3.58. The second-order valence-electron chi connectivity index (χ2n) is 14.6. The van der Waals surface area contributed by atoms with Crippen LogP contribution in [0.4, 0.5) is 0 Å². The predicted molar refractivity (Wildman–Crippen MR) is 247 cm³/mol. The molecule has 1 unspecified atom stereocenters. The predicted octanol–water partition coefficient (Wildman–Crippen LogP) is 13.4. The molecule has 10 heteroatoms. The monoisotopic (exact) mass is 844 g/mol. The van der Waals surface area contributed by atoms with Gasteiger partial charge in [-0.05, 0) is 103 Å². The van der Waals surface area contributed by atoms with Crippen LogP contribution >= 0.6 is 7.82 Å². The van der Waals surface area contributed by atoms with Crippen LogP contribution in [-0.2, 0) is 32.7 Å². The van der Waals surface area contributed by atoms with Crippen LogP contribution in [0.1, 0.15) is 168 Å². The molecule has 59 heavy (non-hydrogen) atoms. The highest BCUT2D eigenvalue weighted by molar-refractivity contribution is 7.47. The van der Waals surface area contributed by atoms with Crippen molar-refractivity contribution in [2.24, 2.45) is 5.73 Å². The molecule has 0 fully saturated rings. The summed E-state index contributed by atoms with van der Waals surface area (Å²) in [5, 5.41) is 0. The van der Waals surface area contributed by atoms with Gasteiger partial charge in [-0.1, -0.05) is 150 Å². The SMILES string of the molecule is CCCCC/C=C\C/C=C\C/C=C\C/C=C\CCCCCC(=O)OC[C@H](COP(=O)(O)OCCN)OC(=O)CCCCC/C=C\C/C=C\C/C=C\C/C=C\CCCCC. The Hall–Kier alpha value is -3.07. The Balaban J connectivity index is 4.29. The summed E-state index contributed by atoms with van der Waals surface area (Å²) < 4.78 is 32.8. The van der Waals surface area contributed by atoms with Crippen molar-refractivity contribution in [2.75, 3.05) is 26.4 Å². The van der Waals surface area contributed by atoms with Crippen molar-refractivity contribution in [3.8, 4) is 0 Å². The smallest absolute Gasteiger partial charge is 0.462 e. The van der Waals surface area contributed by atoms with Crippen LogP contribution < -0.4 is 5.73 Å². The van der Waals surface area contributed by atoms with Gasteiger partial charge in [0.15, 0.2) is 6.10 Å². The summed E-state index contributed by atoms with van der Waals surface area (Å²) in [6.07, 6.45) is 57.2. The number of phosphoric acid groups is 1. The summed E-state index contributed by atoms with van der Waals surface area (Å²) in [6, 6.07) is 0. The second-order valence-corrected chi connectivity index (χ2v) is 16.0. The van der Waals surface area contributed by atoms with Crippen LogP contribution in [0.25, 0.3) is 0 Å². The Morgan fingerprint density at radius 3 is 1.27 bits per heavy atom. The number of allylic oxidation sites excluding steroid dienone is 16. The lowest BCUT2D eigenvalue weighted by molar-refractivity contribution is -0.161. The van der Waals surface area contributed by atoms with E-state index in [1.54, 1.807) is 0 Å². The largest absolute Gasteiger partial charge is 0.472 e. The van der Waals surface area contributed by atoms with Gasteiger partial charge in [-0.25, -0.2) is 4.57 Å². The molecule has 0 aromatic carbocycles. The van der Waals surface area contributed by atoms with Crippen LogP contribution in [0.15, 0.2) is 97.2 Å². The number of esters is 2. The number of carbonyl (C=O) groups is 2. The van der Waals surface area contributed by atoms with Gasteiger partial charge in [-0.2, -0.15) is 0 Å². The third-order valence-corrected chi connectivity index (χ3v) is 9.93. The van der Waals surface area contributed by atoms with Crippen molar-refractivity contribution in [1.82, 2.24) is 0 Å². The average Bonchev–Trinajstić information content (AvgIpc) is 3.22. The number of ether oxygens (including phenoxy) is 2. The average molecular weight is 844 g/mol. The van der Waals surface area contributed by atoms with Crippen LogP contribution in [0.5, 0.6) is 0 Å². The number of hydrogen-bond acceptors (Lipinski definition) is 8. The highest BCUT2D eigenvalue weighted by atomic mass is 31.2. The summed E-state index contributed by atoms with van der Waals surface area (Å²) in [5.74, 6) is -0.910. The van der Waals surface area contributed by atoms with Gasteiger partial charge in [0, 0.05) is 19.4 Å². The van der Waals surface area contributed by atoms with Gasteiger partial charge in [0.2, 0.25) is 0 Å². The molecule has 0 spiro atoms. The molecule has 336 valence electrons. The summed E-state index contributed by atoms with van der Waals surface area (Å²) >= 11 is 0. The fourth-order valence-electron chi connectivity index (χ4n) is 5.54. The van der Waals surface area contributed by atoms with Gasteiger partial charge in [-0.3, -0.25) is 18.6 Å². The number of rotatable bonds is 41. The second kappa shape index (κ2) is 44.5. The Kier molecular flexibility index (Phi) is 42.2. The summed E-state index contributed by atoms with van der Waals surface area (Å²) in [5.41, 5.74) is 5.35. The molecule has 0 amide bonds. The number of phosphoric ester groups is 1.